The van der Waals surface area contributed by atoms with Crippen LogP contribution in [0, 0.1) is 0 Å². The smallest absolute Gasteiger partial charge is 0.269 e. The molecule has 26 heavy (non-hydrogen) atoms. The van der Waals surface area contributed by atoms with Crippen LogP contribution in [0.1, 0.15) is 18.9 Å². The summed E-state index contributed by atoms with van der Waals surface area (Å²) in [6.45, 7) is -5.55. The topological polar surface area (TPSA) is 35.6 Å². The normalized spacial score (nSPS) is 12.1. The van der Waals surface area contributed by atoms with Crippen molar-refractivity contribution in [3.05, 3.63) is 54.4 Å². The van der Waals surface area contributed by atoms with Crippen molar-refractivity contribution >= 4 is 33.8 Å². The van der Waals surface area contributed by atoms with Crippen LogP contribution in [0.25, 0.3) is 22.1 Å². The van der Waals surface area contributed by atoms with Crippen LogP contribution < -0.4 is 0 Å². The molecule has 134 valence electrons. The molecule has 0 unspecified atom stereocenters. The standard InChI is InChI=1S/C17H12F4N4S/c18-15(19)24-12-7-3-1-5-10(12)22-14(24)9-26-17-23-11-6-2-4-8-13(11)25(17)16(20)21/h1-8,15-16H,9H2. The second-order valence-corrected chi connectivity index (χ2v) is 6.43. The number of halogens is 4. The summed E-state index contributed by atoms with van der Waals surface area (Å²) in [6.07, 6.45) is 0. The number of hydrogen-bond acceptors (Lipinski definition) is 3. The molecule has 0 saturated heterocycles. The lowest BCUT2D eigenvalue weighted by molar-refractivity contribution is 0.0654. The van der Waals surface area contributed by atoms with E-state index in [0.717, 1.165) is 20.9 Å². The molecule has 4 rings (SSSR count). The van der Waals surface area contributed by atoms with Crippen molar-refractivity contribution in [2.75, 3.05) is 0 Å². The monoisotopic (exact) mass is 380 g/mol. The number of imidazole rings is 2. The van der Waals surface area contributed by atoms with Gasteiger partial charge in [-0.3, -0.25) is 9.13 Å². The lowest BCUT2D eigenvalue weighted by Crippen LogP contribution is -2.04. The summed E-state index contributed by atoms with van der Waals surface area (Å²) in [6, 6.07) is 13.1. The van der Waals surface area contributed by atoms with Gasteiger partial charge in [-0.2, -0.15) is 17.6 Å². The van der Waals surface area contributed by atoms with Gasteiger partial charge < -0.3 is 0 Å². The first-order valence-electron chi connectivity index (χ1n) is 7.68. The second kappa shape index (κ2) is 6.64. The van der Waals surface area contributed by atoms with Gasteiger partial charge in [0.15, 0.2) is 5.16 Å². The molecule has 4 aromatic rings. The van der Waals surface area contributed by atoms with Crippen LogP contribution in [-0.4, -0.2) is 19.1 Å². The van der Waals surface area contributed by atoms with Gasteiger partial charge in [0.1, 0.15) is 5.82 Å². The Labute approximate surface area is 149 Å². The highest BCUT2D eigenvalue weighted by atomic mass is 32.2. The highest BCUT2D eigenvalue weighted by Crippen LogP contribution is 2.32. The van der Waals surface area contributed by atoms with Crippen molar-refractivity contribution in [1.82, 2.24) is 19.1 Å². The third-order valence-electron chi connectivity index (χ3n) is 3.95. The zero-order valence-corrected chi connectivity index (χ0v) is 14.0. The molecule has 0 atom stereocenters. The van der Waals surface area contributed by atoms with E-state index < -0.39 is 13.1 Å². The van der Waals surface area contributed by atoms with Gasteiger partial charge >= 0.3 is 13.1 Å². The van der Waals surface area contributed by atoms with E-state index >= 15 is 0 Å². The molecule has 0 aliphatic carbocycles. The van der Waals surface area contributed by atoms with Gasteiger partial charge in [0.05, 0.1) is 27.8 Å². The van der Waals surface area contributed by atoms with E-state index in [9.17, 15) is 17.6 Å². The molecule has 9 heteroatoms. The van der Waals surface area contributed by atoms with Crippen LogP contribution in [0.5, 0.6) is 0 Å². The van der Waals surface area contributed by atoms with Gasteiger partial charge in [-0.25, -0.2) is 9.97 Å². The van der Waals surface area contributed by atoms with Gasteiger partial charge in [-0.15, -0.1) is 0 Å². The summed E-state index contributed by atoms with van der Waals surface area (Å²) in [5.41, 5.74) is 1.47. The van der Waals surface area contributed by atoms with Crippen LogP contribution in [0.3, 0.4) is 0 Å². The van der Waals surface area contributed by atoms with Gasteiger partial charge in [-0.05, 0) is 24.3 Å². The largest absolute Gasteiger partial charge is 0.321 e. The average molecular weight is 380 g/mol. The third kappa shape index (κ3) is 2.82. The quantitative estimate of drug-likeness (QED) is 0.340. The Morgan fingerprint density at radius 1 is 0.769 bits per heavy atom. The van der Waals surface area contributed by atoms with E-state index in [1.54, 1.807) is 48.5 Å². The number of nitrogens with zero attached hydrogens (tertiary/aromatic N) is 4. The fraction of sp³-hybridized carbons (Fsp3) is 0.176. The number of fused-ring (bicyclic) bond motifs is 2. The van der Waals surface area contributed by atoms with Crippen LogP contribution in [0.15, 0.2) is 53.7 Å². The number of hydrogen-bond donors (Lipinski definition) is 0. The van der Waals surface area contributed by atoms with Crippen LogP contribution in [0.4, 0.5) is 17.6 Å². The average Bonchev–Trinajstić information content (AvgIpc) is 3.17. The number of benzene rings is 2. The van der Waals surface area contributed by atoms with E-state index in [1.165, 1.54) is 0 Å². The van der Waals surface area contributed by atoms with Gasteiger partial charge in [-0.1, -0.05) is 36.0 Å². The van der Waals surface area contributed by atoms with Crippen LogP contribution in [0.2, 0.25) is 0 Å². The summed E-state index contributed by atoms with van der Waals surface area (Å²) < 4.78 is 55.5. The third-order valence-corrected chi connectivity index (χ3v) is 4.90. The number of thioether (sulfide) groups is 1. The molecule has 0 saturated carbocycles. The Balaban J connectivity index is 1.72. The van der Waals surface area contributed by atoms with Gasteiger partial charge in [0.2, 0.25) is 0 Å². The maximum Gasteiger partial charge on any atom is 0.321 e. The van der Waals surface area contributed by atoms with Crippen LogP contribution >= 0.6 is 11.8 Å². The van der Waals surface area contributed by atoms with Crippen LogP contribution in [-0.2, 0) is 5.75 Å². The summed E-state index contributed by atoms with van der Waals surface area (Å²) in [4.78, 5) is 8.41. The molecule has 0 N–H and O–H groups in total. The minimum atomic E-state index is -2.78. The molecule has 2 heterocycles. The van der Waals surface area contributed by atoms with E-state index in [1.807, 2.05) is 0 Å². The maximum atomic E-state index is 13.5. The molecule has 2 aromatic heterocycles. The van der Waals surface area contributed by atoms with Gasteiger partial charge in [0.25, 0.3) is 0 Å². The fourth-order valence-corrected chi connectivity index (χ4v) is 3.80. The number of alkyl halides is 4. The zero-order chi connectivity index (χ0) is 18.3. The van der Waals surface area contributed by atoms with E-state index in [2.05, 4.69) is 9.97 Å². The molecule has 0 aliphatic rings. The first-order valence-corrected chi connectivity index (χ1v) is 8.66. The summed E-state index contributed by atoms with van der Waals surface area (Å²) in [7, 11) is 0. The molecule has 0 amide bonds. The van der Waals surface area contributed by atoms with E-state index in [0.29, 0.717) is 22.1 Å². The molecular weight excluding hydrogens is 368 g/mol. The van der Waals surface area contributed by atoms with Crippen molar-refractivity contribution in [1.29, 1.82) is 0 Å². The second-order valence-electron chi connectivity index (χ2n) is 5.48. The Hall–Kier alpha value is -2.55. The Morgan fingerprint density at radius 3 is 1.92 bits per heavy atom. The van der Waals surface area contributed by atoms with E-state index in [-0.39, 0.29) is 16.7 Å². The van der Waals surface area contributed by atoms with Gasteiger partial charge in [0, 0.05) is 0 Å². The first kappa shape index (κ1) is 16.9. The molecule has 0 bridgehead atoms. The van der Waals surface area contributed by atoms with Crippen molar-refractivity contribution in [3.8, 4) is 0 Å². The molecule has 2 aromatic carbocycles. The Morgan fingerprint density at radius 2 is 1.31 bits per heavy atom. The highest BCUT2D eigenvalue weighted by Gasteiger charge is 2.21. The lowest BCUT2D eigenvalue weighted by atomic mass is 10.3. The highest BCUT2D eigenvalue weighted by molar-refractivity contribution is 7.98. The molecule has 0 aliphatic heterocycles. The zero-order valence-electron chi connectivity index (χ0n) is 13.2. The van der Waals surface area contributed by atoms with Crippen molar-refractivity contribution in [2.45, 2.75) is 24.0 Å². The predicted molar refractivity (Wildman–Crippen MR) is 91.5 cm³/mol. The first-order chi connectivity index (χ1) is 12.6. The predicted octanol–water partition coefficient (Wildman–Crippen LogP) is 5.47. The summed E-state index contributed by atoms with van der Waals surface area (Å²) in [5, 5.41) is 0.0640. The maximum absolute atomic E-state index is 13.5. The van der Waals surface area contributed by atoms with E-state index in [4.69, 9.17) is 0 Å². The minimum Gasteiger partial charge on any atom is -0.269 e. The molecule has 4 nitrogen and oxygen atoms in total. The molecule has 0 spiro atoms. The minimum absolute atomic E-state index is 0.00490. The summed E-state index contributed by atoms with van der Waals surface area (Å²) in [5.74, 6) is 0.105. The molecular formula is C17H12F4N4S. The molecule has 0 fully saturated rings. The summed E-state index contributed by atoms with van der Waals surface area (Å²) >= 11 is 0.956. The number of para-hydroxylation sites is 4. The Kier molecular flexibility index (Phi) is 4.31. The SMILES string of the molecule is FC(F)n1c(CSc2nc3ccccc3n2C(F)F)nc2ccccc21. The molecule has 0 radical (unpaired) electrons. The van der Waals surface area contributed by atoms with Crippen molar-refractivity contribution < 1.29 is 17.6 Å². The lowest BCUT2D eigenvalue weighted by Gasteiger charge is -2.09. The van der Waals surface area contributed by atoms with Crippen molar-refractivity contribution in [3.63, 3.8) is 0 Å². The number of rotatable bonds is 5. The van der Waals surface area contributed by atoms with Crippen molar-refractivity contribution in [2.24, 2.45) is 0 Å². The number of aromatic nitrogens is 4. The fourth-order valence-electron chi connectivity index (χ4n) is 2.86. The Bertz CT molecular complexity index is 987.